The van der Waals surface area contributed by atoms with E-state index in [1.165, 1.54) is 4.88 Å². The summed E-state index contributed by atoms with van der Waals surface area (Å²) >= 11 is 7.61. The maximum Gasteiger partial charge on any atom is 0.222 e. The van der Waals surface area contributed by atoms with E-state index in [9.17, 15) is 4.79 Å². The minimum atomic E-state index is 0.328. The zero-order chi connectivity index (χ0) is 15.2. The molecule has 0 bridgehead atoms. The summed E-state index contributed by atoms with van der Waals surface area (Å²) in [5.74, 6) is 0.837. The summed E-state index contributed by atoms with van der Waals surface area (Å²) in [6.45, 7) is 8.95. The van der Waals surface area contributed by atoms with Crippen molar-refractivity contribution in [2.75, 3.05) is 26.2 Å². The summed E-state index contributed by atoms with van der Waals surface area (Å²) < 4.78 is 0.851. The van der Waals surface area contributed by atoms with Gasteiger partial charge >= 0.3 is 0 Å². The summed E-state index contributed by atoms with van der Waals surface area (Å²) in [4.78, 5) is 18.0. The predicted octanol–water partition coefficient (Wildman–Crippen LogP) is 3.87. The van der Waals surface area contributed by atoms with Crippen LogP contribution in [0.2, 0.25) is 4.34 Å². The third-order valence-corrected chi connectivity index (χ3v) is 5.25. The maximum absolute atomic E-state index is 12.2. The quantitative estimate of drug-likeness (QED) is 0.791. The van der Waals surface area contributed by atoms with E-state index in [-0.39, 0.29) is 0 Å². The number of hydrogen-bond acceptors (Lipinski definition) is 3. The molecule has 0 aromatic carbocycles. The first-order valence-corrected chi connectivity index (χ1v) is 9.02. The highest BCUT2D eigenvalue weighted by molar-refractivity contribution is 7.16. The lowest BCUT2D eigenvalue weighted by Gasteiger charge is -2.35. The average molecular weight is 329 g/mol. The first-order chi connectivity index (χ1) is 10.1. The molecule has 1 unspecified atom stereocenters. The number of hydrogen-bond donors (Lipinski definition) is 0. The molecule has 5 heteroatoms. The lowest BCUT2D eigenvalue weighted by Crippen LogP contribution is -2.48. The standard InChI is InChI=1S/C16H25ClN2OS/c1-3-4-13(2)11-16(20)19-9-7-18(8-10-19)12-14-5-6-15(17)21-14/h5-6,13H,3-4,7-12H2,1-2H3. The molecule has 0 aliphatic carbocycles. The van der Waals surface area contributed by atoms with E-state index in [1.54, 1.807) is 11.3 Å². The van der Waals surface area contributed by atoms with Crippen LogP contribution in [0.15, 0.2) is 12.1 Å². The minimum Gasteiger partial charge on any atom is -0.340 e. The molecule has 0 N–H and O–H groups in total. The molecule has 1 aromatic heterocycles. The van der Waals surface area contributed by atoms with Crippen molar-refractivity contribution in [2.45, 2.75) is 39.7 Å². The topological polar surface area (TPSA) is 23.6 Å². The molecule has 2 rings (SSSR count). The van der Waals surface area contributed by atoms with E-state index in [1.807, 2.05) is 11.0 Å². The molecule has 1 saturated heterocycles. The van der Waals surface area contributed by atoms with Gasteiger partial charge in [0.2, 0.25) is 5.91 Å². The van der Waals surface area contributed by atoms with Gasteiger partial charge in [0.25, 0.3) is 0 Å². The van der Waals surface area contributed by atoms with Crippen LogP contribution in [-0.2, 0) is 11.3 Å². The van der Waals surface area contributed by atoms with E-state index >= 15 is 0 Å². The van der Waals surface area contributed by atoms with Crippen molar-refractivity contribution in [3.63, 3.8) is 0 Å². The van der Waals surface area contributed by atoms with Gasteiger partial charge in [0, 0.05) is 44.0 Å². The van der Waals surface area contributed by atoms with Gasteiger partial charge in [-0.15, -0.1) is 11.3 Å². The Kier molecular flexibility index (Phi) is 6.52. The van der Waals surface area contributed by atoms with Crippen molar-refractivity contribution in [3.8, 4) is 0 Å². The number of carbonyl (C=O) groups excluding carboxylic acids is 1. The van der Waals surface area contributed by atoms with Crippen LogP contribution in [-0.4, -0.2) is 41.9 Å². The number of amides is 1. The zero-order valence-electron chi connectivity index (χ0n) is 13.0. The number of halogens is 1. The van der Waals surface area contributed by atoms with Crippen LogP contribution in [0.1, 0.15) is 38.0 Å². The van der Waals surface area contributed by atoms with Gasteiger partial charge in [0.1, 0.15) is 0 Å². The lowest BCUT2D eigenvalue weighted by molar-refractivity contribution is -0.133. The average Bonchev–Trinajstić information content (AvgIpc) is 2.85. The molecule has 0 saturated carbocycles. The molecule has 2 heterocycles. The molecule has 1 aliphatic heterocycles. The van der Waals surface area contributed by atoms with Gasteiger partial charge in [-0.25, -0.2) is 0 Å². The third kappa shape index (κ3) is 5.28. The Morgan fingerprint density at radius 3 is 2.62 bits per heavy atom. The fourth-order valence-corrected chi connectivity index (χ4v) is 3.96. The predicted molar refractivity (Wildman–Crippen MR) is 89.9 cm³/mol. The van der Waals surface area contributed by atoms with Crippen LogP contribution in [0.4, 0.5) is 0 Å². The molecule has 3 nitrogen and oxygen atoms in total. The third-order valence-electron chi connectivity index (χ3n) is 4.04. The van der Waals surface area contributed by atoms with Crippen molar-refractivity contribution >= 4 is 28.8 Å². The monoisotopic (exact) mass is 328 g/mol. The minimum absolute atomic E-state index is 0.328. The van der Waals surface area contributed by atoms with Crippen molar-refractivity contribution in [1.29, 1.82) is 0 Å². The van der Waals surface area contributed by atoms with E-state index in [4.69, 9.17) is 11.6 Å². The van der Waals surface area contributed by atoms with Crippen LogP contribution in [0, 0.1) is 5.92 Å². The van der Waals surface area contributed by atoms with Crippen molar-refractivity contribution in [3.05, 3.63) is 21.3 Å². The first kappa shape index (κ1) is 16.8. The zero-order valence-corrected chi connectivity index (χ0v) is 14.6. The highest BCUT2D eigenvalue weighted by Crippen LogP contribution is 2.23. The Balaban J connectivity index is 1.73. The number of rotatable bonds is 6. The second-order valence-electron chi connectivity index (χ2n) is 5.96. The van der Waals surface area contributed by atoms with Gasteiger partial charge in [-0.3, -0.25) is 9.69 Å². The maximum atomic E-state index is 12.2. The Morgan fingerprint density at radius 1 is 1.33 bits per heavy atom. The summed E-state index contributed by atoms with van der Waals surface area (Å²) in [5, 5.41) is 0. The van der Waals surface area contributed by atoms with E-state index < -0.39 is 0 Å². The molecule has 118 valence electrons. The van der Waals surface area contributed by atoms with Gasteiger partial charge < -0.3 is 4.90 Å². The Bertz CT molecular complexity index is 455. The second-order valence-corrected chi connectivity index (χ2v) is 7.76. The van der Waals surface area contributed by atoms with Crippen LogP contribution < -0.4 is 0 Å². The number of nitrogens with zero attached hydrogens (tertiary/aromatic N) is 2. The SMILES string of the molecule is CCCC(C)CC(=O)N1CCN(Cc2ccc(Cl)s2)CC1. The first-order valence-electron chi connectivity index (χ1n) is 7.82. The molecule has 1 amide bonds. The van der Waals surface area contributed by atoms with E-state index in [2.05, 4.69) is 24.8 Å². The van der Waals surface area contributed by atoms with Gasteiger partial charge in [-0.05, 0) is 18.1 Å². The molecule has 0 radical (unpaired) electrons. The van der Waals surface area contributed by atoms with E-state index in [0.717, 1.165) is 49.9 Å². The fraction of sp³-hybridized carbons (Fsp3) is 0.688. The van der Waals surface area contributed by atoms with Crippen molar-refractivity contribution in [2.24, 2.45) is 5.92 Å². The molecule has 21 heavy (non-hydrogen) atoms. The molecule has 0 spiro atoms. The smallest absolute Gasteiger partial charge is 0.222 e. The lowest BCUT2D eigenvalue weighted by atomic mass is 10.0. The second kappa shape index (κ2) is 8.16. The number of thiophene rings is 1. The Hall–Kier alpha value is -0.580. The summed E-state index contributed by atoms with van der Waals surface area (Å²) in [6, 6.07) is 4.05. The van der Waals surface area contributed by atoms with Crippen molar-refractivity contribution < 1.29 is 4.79 Å². The normalized spacial score (nSPS) is 18.0. The number of piperazine rings is 1. The van der Waals surface area contributed by atoms with Crippen LogP contribution in [0.3, 0.4) is 0 Å². The van der Waals surface area contributed by atoms with E-state index in [0.29, 0.717) is 18.2 Å². The van der Waals surface area contributed by atoms with Gasteiger partial charge in [-0.1, -0.05) is 38.3 Å². The molecular weight excluding hydrogens is 304 g/mol. The van der Waals surface area contributed by atoms with Crippen LogP contribution in [0.25, 0.3) is 0 Å². The van der Waals surface area contributed by atoms with Crippen molar-refractivity contribution in [1.82, 2.24) is 9.80 Å². The Labute approximate surface area is 136 Å². The number of carbonyl (C=O) groups is 1. The summed E-state index contributed by atoms with van der Waals surface area (Å²) in [7, 11) is 0. The molecular formula is C16H25ClN2OS. The molecule has 1 fully saturated rings. The van der Waals surface area contributed by atoms with Crippen LogP contribution >= 0.6 is 22.9 Å². The summed E-state index contributed by atoms with van der Waals surface area (Å²) in [5.41, 5.74) is 0. The van der Waals surface area contributed by atoms with Gasteiger partial charge in [-0.2, -0.15) is 0 Å². The van der Waals surface area contributed by atoms with Crippen LogP contribution in [0.5, 0.6) is 0 Å². The molecule has 1 atom stereocenters. The highest BCUT2D eigenvalue weighted by atomic mass is 35.5. The van der Waals surface area contributed by atoms with Gasteiger partial charge in [0.15, 0.2) is 0 Å². The largest absolute Gasteiger partial charge is 0.340 e. The molecule has 1 aromatic rings. The van der Waals surface area contributed by atoms with Gasteiger partial charge in [0.05, 0.1) is 4.34 Å². The highest BCUT2D eigenvalue weighted by Gasteiger charge is 2.22. The fourth-order valence-electron chi connectivity index (χ4n) is 2.83. The Morgan fingerprint density at radius 2 is 2.05 bits per heavy atom. The molecule has 1 aliphatic rings. The summed E-state index contributed by atoms with van der Waals surface area (Å²) in [6.07, 6.45) is 3.00.